The molecule has 0 aromatic heterocycles. The van der Waals surface area contributed by atoms with Crippen LogP contribution in [-0.2, 0) is 0 Å². The van der Waals surface area contributed by atoms with Crippen molar-refractivity contribution in [2.45, 2.75) is 82.3 Å². The molecule has 0 aromatic carbocycles. The van der Waals surface area contributed by atoms with Gasteiger partial charge in [0.1, 0.15) is 0 Å². The Morgan fingerprint density at radius 2 is 1.12 bits per heavy atom. The van der Waals surface area contributed by atoms with Gasteiger partial charge in [0.05, 0.1) is 0 Å². The summed E-state index contributed by atoms with van der Waals surface area (Å²) in [6, 6.07) is 0. The molecule has 0 aromatic rings. The van der Waals surface area contributed by atoms with E-state index in [2.05, 4.69) is 13.8 Å². The van der Waals surface area contributed by atoms with Crippen molar-refractivity contribution < 1.29 is 0 Å². The summed E-state index contributed by atoms with van der Waals surface area (Å²) >= 11 is 2.00. The molecule has 0 nitrogen and oxygen atoms in total. The molecule has 1 atom stereocenters. The summed E-state index contributed by atoms with van der Waals surface area (Å²) in [7, 11) is 0. The van der Waals surface area contributed by atoms with Crippen LogP contribution < -0.4 is 0 Å². The Kier molecular flexibility index (Phi) is 5.05. The van der Waals surface area contributed by atoms with Crippen LogP contribution in [0.2, 0.25) is 4.20 Å². The summed E-state index contributed by atoms with van der Waals surface area (Å²) in [5, 5.41) is 0. The molecule has 0 saturated heterocycles. The second-order valence-corrected chi connectivity index (χ2v) is 10.3. The normalized spacial score (nSPS) is 25.4. The van der Waals surface area contributed by atoms with Gasteiger partial charge in [0.25, 0.3) is 0 Å². The third kappa shape index (κ3) is 3.76. The quantitative estimate of drug-likeness (QED) is 0.668. The molecule has 0 bridgehead atoms. The molecule has 2 fully saturated rings. The van der Waals surface area contributed by atoms with E-state index in [0.29, 0.717) is 4.20 Å². The first-order valence-electron chi connectivity index (χ1n) is 7.88. The summed E-state index contributed by atoms with van der Waals surface area (Å²) < 4.78 is 0.594. The Hall–Kier alpha value is 0.558. The topological polar surface area (TPSA) is 0 Å². The minimum absolute atomic E-state index is 0.594. The molecule has 2 aliphatic rings. The predicted octanol–water partition coefficient (Wildman–Crippen LogP) is 4.59. The van der Waals surface area contributed by atoms with Crippen LogP contribution >= 0.6 is 0 Å². The molecule has 0 aliphatic heterocycles. The molecule has 17 heavy (non-hydrogen) atoms. The van der Waals surface area contributed by atoms with Gasteiger partial charge in [-0.2, -0.15) is 0 Å². The molecule has 100 valence electrons. The minimum atomic E-state index is 0.594. The van der Waals surface area contributed by atoms with E-state index in [1.807, 2.05) is 16.9 Å². The molecule has 2 aliphatic carbocycles. The number of hydrogen-bond donors (Lipinski definition) is 0. The summed E-state index contributed by atoms with van der Waals surface area (Å²) in [6.45, 7) is 5.06. The van der Waals surface area contributed by atoms with Gasteiger partial charge in [-0.25, -0.2) is 0 Å². The van der Waals surface area contributed by atoms with Crippen molar-refractivity contribution >= 4 is 16.9 Å². The zero-order chi connectivity index (χ0) is 12.3. The van der Waals surface area contributed by atoms with Crippen molar-refractivity contribution in [2.75, 3.05) is 0 Å². The second kappa shape index (κ2) is 6.14. The van der Waals surface area contributed by atoms with Crippen molar-refractivity contribution in [3.8, 4) is 0 Å². The van der Waals surface area contributed by atoms with Gasteiger partial charge in [0, 0.05) is 0 Å². The first-order valence-corrected chi connectivity index (χ1v) is 9.09. The van der Waals surface area contributed by atoms with Gasteiger partial charge in [0.15, 0.2) is 0 Å². The van der Waals surface area contributed by atoms with Crippen LogP contribution in [-0.4, -0.2) is 16.9 Å². The molecule has 2 rings (SSSR count). The molecule has 0 heterocycles. The molecule has 0 spiro atoms. The van der Waals surface area contributed by atoms with Crippen molar-refractivity contribution in [1.29, 1.82) is 0 Å². The van der Waals surface area contributed by atoms with Crippen LogP contribution in [0.4, 0.5) is 0 Å². The van der Waals surface area contributed by atoms with Gasteiger partial charge >= 0.3 is 117 Å². The Balaban J connectivity index is 2.06. The summed E-state index contributed by atoms with van der Waals surface area (Å²) in [5.74, 6) is 3.16. The summed E-state index contributed by atoms with van der Waals surface area (Å²) in [5.41, 5.74) is 0. The maximum atomic E-state index is 2.53. The summed E-state index contributed by atoms with van der Waals surface area (Å²) in [4.78, 5) is 0. The average molecular weight is 298 g/mol. The fourth-order valence-electron chi connectivity index (χ4n) is 4.59. The Labute approximate surface area is 117 Å². The zero-order valence-electron chi connectivity index (χ0n) is 11.9. The Morgan fingerprint density at radius 3 is 1.41 bits per heavy atom. The Bertz CT molecular complexity index is 198. The predicted molar refractivity (Wildman–Crippen MR) is 79.2 cm³/mol. The molecular formula is C16H31As. The van der Waals surface area contributed by atoms with E-state index < -0.39 is 0 Å². The Morgan fingerprint density at radius 1 is 0.765 bits per heavy atom. The van der Waals surface area contributed by atoms with Crippen molar-refractivity contribution in [2.24, 2.45) is 17.8 Å². The van der Waals surface area contributed by atoms with Crippen LogP contribution in [0.1, 0.15) is 78.1 Å². The maximum absolute atomic E-state index is 2.53. The van der Waals surface area contributed by atoms with Crippen molar-refractivity contribution in [3.63, 3.8) is 0 Å². The SMILES string of the molecule is CC(C)([AsH2])C(C1CCCCC1)C1CCCCC1. The molecule has 2 saturated carbocycles. The van der Waals surface area contributed by atoms with E-state index in [9.17, 15) is 0 Å². The molecule has 0 radical (unpaired) electrons. The van der Waals surface area contributed by atoms with Crippen LogP contribution in [0, 0.1) is 17.8 Å². The van der Waals surface area contributed by atoms with Gasteiger partial charge in [-0.1, -0.05) is 0 Å². The number of hydrogen-bond acceptors (Lipinski definition) is 0. The van der Waals surface area contributed by atoms with Crippen LogP contribution in [0.15, 0.2) is 0 Å². The zero-order valence-corrected chi connectivity index (χ0v) is 14.3. The van der Waals surface area contributed by atoms with Crippen LogP contribution in [0.25, 0.3) is 0 Å². The van der Waals surface area contributed by atoms with E-state index in [1.165, 1.54) is 64.2 Å². The first kappa shape index (κ1) is 14.0. The van der Waals surface area contributed by atoms with E-state index in [4.69, 9.17) is 0 Å². The van der Waals surface area contributed by atoms with E-state index in [0.717, 1.165) is 17.8 Å². The van der Waals surface area contributed by atoms with Crippen LogP contribution in [0.3, 0.4) is 0 Å². The van der Waals surface area contributed by atoms with Gasteiger partial charge in [-0.15, -0.1) is 0 Å². The average Bonchev–Trinajstić information content (AvgIpc) is 2.30. The standard InChI is InChI=1S/C16H31As/c1-16(2,17)15(13-9-5-3-6-10-13)14-11-7-4-8-12-14/h13-15H,3-12,17H2,1-2H3. The second-order valence-electron chi connectivity index (χ2n) is 7.14. The summed E-state index contributed by atoms with van der Waals surface area (Å²) in [6.07, 6.45) is 15.2. The molecule has 0 N–H and O–H groups in total. The third-order valence-corrected chi connectivity index (χ3v) is 5.98. The van der Waals surface area contributed by atoms with Gasteiger partial charge < -0.3 is 0 Å². The number of rotatable bonds is 3. The monoisotopic (exact) mass is 298 g/mol. The molecular weight excluding hydrogens is 267 g/mol. The molecule has 0 amide bonds. The fourth-order valence-corrected chi connectivity index (χ4v) is 5.73. The van der Waals surface area contributed by atoms with E-state index in [1.54, 1.807) is 0 Å². The van der Waals surface area contributed by atoms with Gasteiger partial charge in [-0.05, 0) is 0 Å². The first-order chi connectivity index (χ1) is 8.09. The van der Waals surface area contributed by atoms with Crippen LogP contribution in [0.5, 0.6) is 0 Å². The van der Waals surface area contributed by atoms with E-state index in [-0.39, 0.29) is 0 Å². The molecule has 1 unspecified atom stereocenters. The fraction of sp³-hybridized carbons (Fsp3) is 1.00. The van der Waals surface area contributed by atoms with Crippen molar-refractivity contribution in [1.82, 2.24) is 0 Å². The third-order valence-electron chi connectivity index (χ3n) is 5.17. The van der Waals surface area contributed by atoms with E-state index >= 15 is 0 Å². The van der Waals surface area contributed by atoms with Crippen molar-refractivity contribution in [3.05, 3.63) is 0 Å². The van der Waals surface area contributed by atoms with Gasteiger partial charge in [-0.3, -0.25) is 0 Å². The molecule has 1 heteroatoms. The van der Waals surface area contributed by atoms with Gasteiger partial charge in [0.2, 0.25) is 0 Å².